The molecular weight excluding hydrogens is 286 g/mol. The van der Waals surface area contributed by atoms with E-state index in [0.717, 1.165) is 19.3 Å². The van der Waals surface area contributed by atoms with Crippen molar-refractivity contribution in [2.24, 2.45) is 0 Å². The number of carbonyl (C=O) groups excluding carboxylic acids is 1. The minimum Gasteiger partial charge on any atom is -0.482 e. The molecule has 1 saturated carbocycles. The van der Waals surface area contributed by atoms with Gasteiger partial charge in [-0.15, -0.1) is 0 Å². The first kappa shape index (κ1) is 14.8. The Labute approximate surface area is 128 Å². The fourth-order valence-corrected chi connectivity index (χ4v) is 3.07. The lowest BCUT2D eigenvalue weighted by Gasteiger charge is -2.52. The minimum atomic E-state index is -1.04. The summed E-state index contributed by atoms with van der Waals surface area (Å²) in [5.41, 5.74) is 0.379. The summed E-state index contributed by atoms with van der Waals surface area (Å²) in [4.78, 5) is 25.3. The van der Waals surface area contributed by atoms with Crippen LogP contribution >= 0.6 is 0 Å². The zero-order valence-corrected chi connectivity index (χ0v) is 12.3. The lowest BCUT2D eigenvalue weighted by atomic mass is 9.75. The number of rotatable bonds is 4. The number of morpholine rings is 1. The van der Waals surface area contributed by atoms with Gasteiger partial charge in [0.05, 0.1) is 18.8 Å². The number of hydrogen-bond acceptors (Lipinski definition) is 4. The molecule has 1 saturated heterocycles. The summed E-state index contributed by atoms with van der Waals surface area (Å²) in [7, 11) is 0. The standard InChI is InChI=1S/C16H19NO5/c18-14(19)10-22-13-4-1-3-12(9-13)15(20)17-7-8-21-11-16(17)5-2-6-16/h1,3-4,9H,2,5-8,10-11H2,(H,18,19). The number of carbonyl (C=O) groups is 2. The van der Waals surface area contributed by atoms with E-state index in [1.165, 1.54) is 0 Å². The van der Waals surface area contributed by atoms with E-state index in [1.54, 1.807) is 24.3 Å². The maximum absolute atomic E-state index is 12.8. The molecule has 1 aliphatic carbocycles. The Morgan fingerprint density at radius 3 is 2.86 bits per heavy atom. The van der Waals surface area contributed by atoms with Gasteiger partial charge in [0.25, 0.3) is 5.91 Å². The molecule has 2 aliphatic rings. The Balaban J connectivity index is 1.76. The Kier molecular flexibility index (Phi) is 4.02. The van der Waals surface area contributed by atoms with Crippen LogP contribution < -0.4 is 4.74 Å². The number of hydrogen-bond donors (Lipinski definition) is 1. The van der Waals surface area contributed by atoms with Gasteiger partial charge in [-0.2, -0.15) is 0 Å². The first-order chi connectivity index (χ1) is 10.6. The van der Waals surface area contributed by atoms with E-state index in [0.29, 0.717) is 31.1 Å². The van der Waals surface area contributed by atoms with Crippen molar-refractivity contribution < 1.29 is 24.2 Å². The number of ether oxygens (including phenoxy) is 2. The normalized spacial score (nSPS) is 19.5. The van der Waals surface area contributed by atoms with E-state index in [-0.39, 0.29) is 11.4 Å². The Bertz CT molecular complexity index is 582. The molecule has 0 radical (unpaired) electrons. The van der Waals surface area contributed by atoms with Crippen LogP contribution in [0.3, 0.4) is 0 Å². The molecule has 118 valence electrons. The predicted octanol–water partition coefficient (Wildman–Crippen LogP) is 1.55. The summed E-state index contributed by atoms with van der Waals surface area (Å²) in [6.07, 6.45) is 3.08. The van der Waals surface area contributed by atoms with Crippen LogP contribution in [0.4, 0.5) is 0 Å². The van der Waals surface area contributed by atoms with Gasteiger partial charge in [0.2, 0.25) is 0 Å². The number of nitrogens with zero attached hydrogens (tertiary/aromatic N) is 1. The van der Waals surface area contributed by atoms with Gasteiger partial charge < -0.3 is 19.5 Å². The third-order valence-electron chi connectivity index (χ3n) is 4.38. The highest BCUT2D eigenvalue weighted by molar-refractivity contribution is 5.95. The molecule has 1 aromatic carbocycles. The van der Waals surface area contributed by atoms with E-state index in [2.05, 4.69) is 0 Å². The second-order valence-electron chi connectivity index (χ2n) is 5.80. The molecule has 0 bridgehead atoms. The van der Waals surface area contributed by atoms with Crippen LogP contribution in [0.5, 0.6) is 5.75 Å². The van der Waals surface area contributed by atoms with E-state index >= 15 is 0 Å². The summed E-state index contributed by atoms with van der Waals surface area (Å²) >= 11 is 0. The van der Waals surface area contributed by atoms with E-state index in [9.17, 15) is 9.59 Å². The number of amides is 1. The predicted molar refractivity (Wildman–Crippen MR) is 78.0 cm³/mol. The number of aliphatic carboxylic acids is 1. The van der Waals surface area contributed by atoms with Crippen LogP contribution in [0.1, 0.15) is 29.6 Å². The maximum atomic E-state index is 12.8. The zero-order chi connectivity index (χ0) is 15.6. The lowest BCUT2D eigenvalue weighted by molar-refractivity contribution is -0.139. The van der Waals surface area contributed by atoms with Crippen LogP contribution in [0.2, 0.25) is 0 Å². The number of carboxylic acids is 1. The van der Waals surface area contributed by atoms with Gasteiger partial charge in [0.1, 0.15) is 5.75 Å². The quantitative estimate of drug-likeness (QED) is 0.913. The third-order valence-corrected chi connectivity index (χ3v) is 4.38. The van der Waals surface area contributed by atoms with Crippen LogP contribution in [0, 0.1) is 0 Å². The topological polar surface area (TPSA) is 76.1 Å². The second kappa shape index (κ2) is 5.96. The van der Waals surface area contributed by atoms with E-state index in [1.807, 2.05) is 4.90 Å². The summed E-state index contributed by atoms with van der Waals surface area (Å²) < 4.78 is 10.7. The molecule has 22 heavy (non-hydrogen) atoms. The molecule has 6 nitrogen and oxygen atoms in total. The molecule has 0 aromatic heterocycles. The van der Waals surface area contributed by atoms with Crippen molar-refractivity contribution in [1.29, 1.82) is 0 Å². The fraction of sp³-hybridized carbons (Fsp3) is 0.500. The molecule has 2 fully saturated rings. The fourth-order valence-electron chi connectivity index (χ4n) is 3.07. The van der Waals surface area contributed by atoms with Gasteiger partial charge in [-0.3, -0.25) is 4.79 Å². The molecule has 1 spiro atoms. The second-order valence-corrected chi connectivity index (χ2v) is 5.80. The van der Waals surface area contributed by atoms with Gasteiger partial charge in [0.15, 0.2) is 6.61 Å². The third kappa shape index (κ3) is 2.78. The highest BCUT2D eigenvalue weighted by atomic mass is 16.5. The van der Waals surface area contributed by atoms with Gasteiger partial charge in [-0.1, -0.05) is 6.07 Å². The van der Waals surface area contributed by atoms with Gasteiger partial charge in [-0.05, 0) is 37.5 Å². The van der Waals surface area contributed by atoms with Crippen LogP contribution in [-0.2, 0) is 9.53 Å². The largest absolute Gasteiger partial charge is 0.482 e. The van der Waals surface area contributed by atoms with Crippen molar-refractivity contribution in [2.75, 3.05) is 26.4 Å². The van der Waals surface area contributed by atoms with Crippen molar-refractivity contribution in [3.8, 4) is 5.75 Å². The first-order valence-electron chi connectivity index (χ1n) is 7.45. The number of benzene rings is 1. The monoisotopic (exact) mass is 305 g/mol. The minimum absolute atomic E-state index is 0.0382. The van der Waals surface area contributed by atoms with Crippen LogP contribution in [0.15, 0.2) is 24.3 Å². The van der Waals surface area contributed by atoms with Crippen molar-refractivity contribution in [3.63, 3.8) is 0 Å². The molecule has 1 aromatic rings. The summed E-state index contributed by atoms with van der Waals surface area (Å²) in [6, 6.07) is 6.70. The average molecular weight is 305 g/mol. The molecule has 6 heteroatoms. The van der Waals surface area contributed by atoms with Crippen molar-refractivity contribution in [1.82, 2.24) is 4.90 Å². The average Bonchev–Trinajstić information content (AvgIpc) is 2.51. The summed E-state index contributed by atoms with van der Waals surface area (Å²) in [6.45, 7) is 1.34. The summed E-state index contributed by atoms with van der Waals surface area (Å²) in [5.74, 6) is -0.689. The Hall–Kier alpha value is -2.08. The molecule has 1 amide bonds. The van der Waals surface area contributed by atoms with E-state index in [4.69, 9.17) is 14.6 Å². The van der Waals surface area contributed by atoms with Gasteiger partial charge >= 0.3 is 5.97 Å². The maximum Gasteiger partial charge on any atom is 0.341 e. The lowest BCUT2D eigenvalue weighted by Crippen LogP contribution is -2.62. The van der Waals surface area contributed by atoms with Crippen molar-refractivity contribution in [3.05, 3.63) is 29.8 Å². The van der Waals surface area contributed by atoms with Gasteiger partial charge in [0, 0.05) is 12.1 Å². The first-order valence-corrected chi connectivity index (χ1v) is 7.45. The smallest absolute Gasteiger partial charge is 0.341 e. The molecule has 3 rings (SSSR count). The molecule has 1 aliphatic heterocycles. The molecule has 1 heterocycles. The van der Waals surface area contributed by atoms with Crippen molar-refractivity contribution >= 4 is 11.9 Å². The summed E-state index contributed by atoms with van der Waals surface area (Å²) in [5, 5.41) is 8.65. The molecule has 0 atom stereocenters. The van der Waals surface area contributed by atoms with Crippen molar-refractivity contribution in [2.45, 2.75) is 24.8 Å². The Morgan fingerprint density at radius 1 is 1.36 bits per heavy atom. The van der Waals surface area contributed by atoms with Gasteiger partial charge in [-0.25, -0.2) is 4.79 Å². The highest BCUT2D eigenvalue weighted by Gasteiger charge is 2.47. The highest BCUT2D eigenvalue weighted by Crippen LogP contribution is 2.40. The van der Waals surface area contributed by atoms with Crippen LogP contribution in [0.25, 0.3) is 0 Å². The SMILES string of the molecule is O=C(O)COc1cccc(C(=O)N2CCOCC23CCC3)c1. The molecular formula is C16H19NO5. The molecule has 0 unspecified atom stereocenters. The molecule has 1 N–H and O–H groups in total. The number of carboxylic acid groups (broad SMARTS) is 1. The Morgan fingerprint density at radius 2 is 2.18 bits per heavy atom. The van der Waals surface area contributed by atoms with E-state index < -0.39 is 12.6 Å². The van der Waals surface area contributed by atoms with Crippen LogP contribution in [-0.4, -0.2) is 53.8 Å². The zero-order valence-electron chi connectivity index (χ0n) is 12.3.